The molecule has 0 radical (unpaired) electrons. The van der Waals surface area contributed by atoms with E-state index in [2.05, 4.69) is 4.98 Å². The molecule has 1 aliphatic rings. The van der Waals surface area contributed by atoms with Crippen molar-refractivity contribution in [3.63, 3.8) is 0 Å². The molecule has 1 aromatic heterocycles. The Morgan fingerprint density at radius 3 is 2.35 bits per heavy atom. The first-order valence-electron chi connectivity index (χ1n) is 7.54. The van der Waals surface area contributed by atoms with Gasteiger partial charge in [0.1, 0.15) is 11.4 Å². The second-order valence-electron chi connectivity index (χ2n) is 5.70. The lowest BCUT2D eigenvalue weighted by Gasteiger charge is -2.18. The number of ketones is 2. The Hall–Kier alpha value is -3.68. The summed E-state index contributed by atoms with van der Waals surface area (Å²) in [6.45, 7) is 1.66. The molecule has 3 rings (SSSR count). The summed E-state index contributed by atoms with van der Waals surface area (Å²) in [6, 6.07) is 5.94. The van der Waals surface area contributed by atoms with Crippen LogP contribution in [0.15, 0.2) is 35.7 Å². The van der Waals surface area contributed by atoms with Crippen molar-refractivity contribution >= 4 is 23.2 Å². The van der Waals surface area contributed by atoms with Gasteiger partial charge in [-0.3, -0.25) is 9.59 Å². The maximum absolute atomic E-state index is 12.4. The number of hydrogen-bond acceptors (Lipinski definition) is 7. The first-order valence-corrected chi connectivity index (χ1v) is 7.54. The molecule has 0 atom stereocenters. The van der Waals surface area contributed by atoms with Crippen molar-refractivity contribution < 1.29 is 24.2 Å². The number of carboxylic acid groups (broad SMARTS) is 1. The topological polar surface area (TPSA) is 146 Å². The largest absolute Gasteiger partial charge is 0.491 e. The summed E-state index contributed by atoms with van der Waals surface area (Å²) in [5.74, 6) is -2.47. The van der Waals surface area contributed by atoms with Gasteiger partial charge in [-0.05, 0) is 30.7 Å². The van der Waals surface area contributed by atoms with Gasteiger partial charge in [0.05, 0.1) is 23.9 Å². The van der Waals surface area contributed by atoms with Crippen LogP contribution in [0, 0.1) is 6.92 Å². The molecule has 132 valence electrons. The van der Waals surface area contributed by atoms with Crippen LogP contribution in [0.25, 0.3) is 11.3 Å². The van der Waals surface area contributed by atoms with Gasteiger partial charge in [-0.25, -0.2) is 9.78 Å². The predicted molar refractivity (Wildman–Crippen MR) is 92.7 cm³/mol. The van der Waals surface area contributed by atoms with Crippen LogP contribution in [0.3, 0.4) is 0 Å². The lowest BCUT2D eigenvalue weighted by molar-refractivity contribution is 0.0697. The summed E-state index contributed by atoms with van der Waals surface area (Å²) < 4.78 is 4.91. The van der Waals surface area contributed by atoms with E-state index in [1.165, 1.54) is 19.2 Å². The maximum Gasteiger partial charge on any atom is 0.337 e. The molecule has 0 bridgehead atoms. The third-order valence-electron chi connectivity index (χ3n) is 4.28. The Balaban J connectivity index is 2.16. The number of aromatic nitrogens is 1. The standard InChI is InChI=1S/C18H15N3O5/c1-7-8(3-4-9(12(7)19)18(24)25)11-6-5-10-14(21-11)16(23)13(20)17(26-2)15(10)22/h3-6H,19-20H2,1-2H3,(H,24,25). The maximum atomic E-state index is 12.4. The van der Waals surface area contributed by atoms with E-state index in [0.29, 0.717) is 16.8 Å². The van der Waals surface area contributed by atoms with E-state index in [9.17, 15) is 14.4 Å². The number of nitrogens with zero attached hydrogens (tertiary/aromatic N) is 1. The fraction of sp³-hybridized carbons (Fsp3) is 0.111. The summed E-state index contributed by atoms with van der Waals surface area (Å²) in [7, 11) is 1.26. The monoisotopic (exact) mass is 353 g/mol. The molecule has 0 aliphatic heterocycles. The number of Topliss-reactive ketones (excluding diaryl/α,β-unsaturated/α-hetero) is 2. The first-order chi connectivity index (χ1) is 12.3. The summed E-state index contributed by atoms with van der Waals surface area (Å²) in [5, 5.41) is 9.14. The van der Waals surface area contributed by atoms with Crippen LogP contribution in [-0.2, 0) is 4.74 Å². The van der Waals surface area contributed by atoms with E-state index < -0.39 is 17.5 Å². The Kier molecular flexibility index (Phi) is 3.96. The number of benzene rings is 1. The summed E-state index contributed by atoms with van der Waals surface area (Å²) >= 11 is 0. The molecule has 8 heteroatoms. The predicted octanol–water partition coefficient (Wildman–Crippen LogP) is 1.53. The zero-order valence-electron chi connectivity index (χ0n) is 14.0. The van der Waals surface area contributed by atoms with E-state index >= 15 is 0 Å². The summed E-state index contributed by atoms with van der Waals surface area (Å²) in [5.41, 5.74) is 12.8. The lowest BCUT2D eigenvalue weighted by Crippen LogP contribution is -2.28. The normalized spacial score (nSPS) is 13.6. The quantitative estimate of drug-likeness (QED) is 0.704. The molecule has 0 amide bonds. The third-order valence-corrected chi connectivity index (χ3v) is 4.28. The number of carbonyl (C=O) groups excluding carboxylic acids is 2. The number of methoxy groups -OCH3 is 1. The average molecular weight is 353 g/mol. The second kappa shape index (κ2) is 5.99. The van der Waals surface area contributed by atoms with Gasteiger partial charge < -0.3 is 21.3 Å². The Bertz CT molecular complexity index is 1020. The van der Waals surface area contributed by atoms with Gasteiger partial charge in [-0.2, -0.15) is 0 Å². The van der Waals surface area contributed by atoms with Crippen molar-refractivity contribution in [3.8, 4) is 11.3 Å². The van der Waals surface area contributed by atoms with Crippen molar-refractivity contribution in [1.82, 2.24) is 4.98 Å². The molecular formula is C18H15N3O5. The second-order valence-corrected chi connectivity index (χ2v) is 5.70. The van der Waals surface area contributed by atoms with Gasteiger partial charge in [0.2, 0.25) is 11.6 Å². The van der Waals surface area contributed by atoms with Gasteiger partial charge in [-0.15, -0.1) is 0 Å². The molecule has 0 unspecified atom stereocenters. The minimum atomic E-state index is -1.14. The molecule has 1 heterocycles. The van der Waals surface area contributed by atoms with Crippen molar-refractivity contribution in [3.05, 3.63) is 58.1 Å². The van der Waals surface area contributed by atoms with Crippen molar-refractivity contribution in [2.75, 3.05) is 12.8 Å². The molecule has 2 aromatic rings. The minimum Gasteiger partial charge on any atom is -0.491 e. The number of carbonyl (C=O) groups is 3. The number of fused-ring (bicyclic) bond motifs is 1. The van der Waals surface area contributed by atoms with Gasteiger partial charge in [0, 0.05) is 11.3 Å². The van der Waals surface area contributed by atoms with E-state index in [-0.39, 0.29) is 34.0 Å². The summed E-state index contributed by atoms with van der Waals surface area (Å²) in [6.07, 6.45) is 0. The van der Waals surface area contributed by atoms with Crippen LogP contribution < -0.4 is 11.5 Å². The molecule has 8 nitrogen and oxygen atoms in total. The highest BCUT2D eigenvalue weighted by Gasteiger charge is 2.33. The zero-order chi connectivity index (χ0) is 19.2. The van der Waals surface area contributed by atoms with Gasteiger partial charge in [0.25, 0.3) is 0 Å². The highest BCUT2D eigenvalue weighted by molar-refractivity contribution is 6.25. The Morgan fingerprint density at radius 2 is 1.73 bits per heavy atom. The molecule has 1 aliphatic carbocycles. The fourth-order valence-electron chi connectivity index (χ4n) is 2.84. The zero-order valence-corrected chi connectivity index (χ0v) is 14.0. The van der Waals surface area contributed by atoms with Crippen LogP contribution in [-0.4, -0.2) is 34.7 Å². The van der Waals surface area contributed by atoms with Crippen molar-refractivity contribution in [2.24, 2.45) is 5.73 Å². The highest BCUT2D eigenvalue weighted by atomic mass is 16.5. The SMILES string of the molecule is COC1=C(N)C(=O)c2nc(-c3ccc(C(=O)O)c(N)c3C)ccc2C1=O. The van der Waals surface area contributed by atoms with E-state index in [4.69, 9.17) is 21.3 Å². The van der Waals surface area contributed by atoms with Crippen molar-refractivity contribution in [1.29, 1.82) is 0 Å². The molecule has 0 saturated carbocycles. The molecular weight excluding hydrogens is 338 g/mol. The number of pyridine rings is 1. The number of rotatable bonds is 3. The van der Waals surface area contributed by atoms with E-state index in [0.717, 1.165) is 0 Å². The molecule has 0 spiro atoms. The third kappa shape index (κ3) is 2.39. The number of hydrogen-bond donors (Lipinski definition) is 3. The van der Waals surface area contributed by atoms with Crippen LogP contribution >= 0.6 is 0 Å². The lowest BCUT2D eigenvalue weighted by atomic mass is 9.93. The minimum absolute atomic E-state index is 0.0209. The van der Waals surface area contributed by atoms with E-state index in [1.54, 1.807) is 19.1 Å². The highest BCUT2D eigenvalue weighted by Crippen LogP contribution is 2.31. The van der Waals surface area contributed by atoms with Gasteiger partial charge >= 0.3 is 5.97 Å². The Morgan fingerprint density at radius 1 is 1.08 bits per heavy atom. The molecule has 1 aromatic carbocycles. The van der Waals surface area contributed by atoms with Gasteiger partial charge in [-0.1, -0.05) is 6.07 Å². The number of anilines is 1. The molecule has 26 heavy (non-hydrogen) atoms. The Labute approximate surface area is 148 Å². The first kappa shape index (κ1) is 17.2. The van der Waals surface area contributed by atoms with E-state index in [1.807, 2.05) is 0 Å². The number of nitrogens with two attached hydrogens (primary N) is 2. The van der Waals surface area contributed by atoms with Crippen LogP contribution in [0.5, 0.6) is 0 Å². The van der Waals surface area contributed by atoms with Crippen LogP contribution in [0.4, 0.5) is 5.69 Å². The number of allylic oxidation sites excluding steroid dienone is 2. The number of nitrogen functional groups attached to an aromatic ring is 1. The molecule has 0 fully saturated rings. The average Bonchev–Trinajstić information content (AvgIpc) is 2.62. The fourth-order valence-corrected chi connectivity index (χ4v) is 2.84. The summed E-state index contributed by atoms with van der Waals surface area (Å²) in [4.78, 5) is 40.2. The smallest absolute Gasteiger partial charge is 0.337 e. The van der Waals surface area contributed by atoms with Gasteiger partial charge in [0.15, 0.2) is 5.76 Å². The molecule has 0 saturated heterocycles. The van der Waals surface area contributed by atoms with Crippen molar-refractivity contribution in [2.45, 2.75) is 6.92 Å². The number of ether oxygens (including phenoxy) is 1. The molecule has 5 N–H and O–H groups in total. The number of aromatic carboxylic acids is 1. The number of carboxylic acids is 1. The van der Waals surface area contributed by atoms with Crippen LogP contribution in [0.1, 0.15) is 36.8 Å². The van der Waals surface area contributed by atoms with Crippen LogP contribution in [0.2, 0.25) is 0 Å².